The van der Waals surface area contributed by atoms with Gasteiger partial charge in [0, 0.05) is 45.5 Å². The molecule has 0 bridgehead atoms. The smallest absolute Gasteiger partial charge is 0.185 e. The second kappa shape index (κ2) is 17.4. The van der Waals surface area contributed by atoms with Crippen molar-refractivity contribution in [1.82, 2.24) is 0 Å². The highest BCUT2D eigenvalue weighted by atomic mass is 16.5. The maximum atomic E-state index is 12.3. The van der Waals surface area contributed by atoms with Crippen LogP contribution in [0.4, 0.5) is 0 Å². The second-order valence-electron chi connectivity index (χ2n) is 13.7. The fourth-order valence-electron chi connectivity index (χ4n) is 5.10. The van der Waals surface area contributed by atoms with E-state index in [-0.39, 0.29) is 45.4 Å². The van der Waals surface area contributed by atoms with Crippen LogP contribution in [-0.2, 0) is 10.8 Å². The van der Waals surface area contributed by atoms with Gasteiger partial charge in [-0.15, -0.1) is 0 Å². The summed E-state index contributed by atoms with van der Waals surface area (Å²) in [7, 11) is 0. The summed E-state index contributed by atoms with van der Waals surface area (Å²) in [4.78, 5) is 24.6. The standard InChI is InChI=1S/C22H26O4.C21H24O4/c1-5-22(3,4)18-13-16(21(26-6-2)14-20(18)25)9-12-19(24)15-7-10-17(23)11-8-15;1-5-25-20-13-19(24)17(21(2,3)4)12-15(20)8-11-18(23)14-6-9-16(22)10-7-14/h7-14,23,25H,5-6H2,1-4H3;6-13,22,24H,5H2,1-4H3/b12-9+;11-8+. The van der Waals surface area contributed by atoms with Crippen molar-refractivity contribution in [3.63, 3.8) is 0 Å². The van der Waals surface area contributed by atoms with Crippen LogP contribution >= 0.6 is 0 Å². The van der Waals surface area contributed by atoms with E-state index in [4.69, 9.17) is 9.47 Å². The van der Waals surface area contributed by atoms with E-state index in [1.165, 1.54) is 36.4 Å². The second-order valence-corrected chi connectivity index (χ2v) is 13.7. The molecule has 8 heteroatoms. The average Bonchev–Trinajstić information content (AvgIpc) is 3.07. The third-order valence-corrected chi connectivity index (χ3v) is 8.41. The third-order valence-electron chi connectivity index (χ3n) is 8.41. The lowest BCUT2D eigenvalue weighted by molar-refractivity contribution is 0.103. The van der Waals surface area contributed by atoms with Crippen molar-refractivity contribution in [1.29, 1.82) is 0 Å². The molecule has 4 rings (SSSR count). The molecule has 0 aliphatic carbocycles. The molecular formula is C43H50O8. The molecule has 0 aliphatic rings. The van der Waals surface area contributed by atoms with Gasteiger partial charge in [0.2, 0.25) is 0 Å². The quantitative estimate of drug-likeness (QED) is 0.0851. The number of carbonyl (C=O) groups excluding carboxylic acids is 2. The zero-order chi connectivity index (χ0) is 37.9. The molecule has 0 amide bonds. The highest BCUT2D eigenvalue weighted by molar-refractivity contribution is 6.07. The molecule has 51 heavy (non-hydrogen) atoms. The lowest BCUT2D eigenvalue weighted by Crippen LogP contribution is -2.16. The van der Waals surface area contributed by atoms with Gasteiger partial charge in [-0.05, 0) is 116 Å². The summed E-state index contributed by atoms with van der Waals surface area (Å²) in [5.74, 6) is 1.34. The Balaban J connectivity index is 0.000000276. The first-order chi connectivity index (χ1) is 24.0. The Labute approximate surface area is 301 Å². The molecule has 4 N–H and O–H groups in total. The lowest BCUT2D eigenvalue weighted by Gasteiger charge is -2.25. The first kappa shape index (κ1) is 39.9. The first-order valence-corrected chi connectivity index (χ1v) is 17.0. The Morgan fingerprint density at radius 2 is 0.961 bits per heavy atom. The maximum absolute atomic E-state index is 12.3. The summed E-state index contributed by atoms with van der Waals surface area (Å²) in [6.07, 6.45) is 7.20. The van der Waals surface area contributed by atoms with Gasteiger partial charge in [-0.25, -0.2) is 0 Å². The molecule has 0 heterocycles. The van der Waals surface area contributed by atoms with Crippen LogP contribution in [0.5, 0.6) is 34.5 Å². The maximum Gasteiger partial charge on any atom is 0.185 e. The highest BCUT2D eigenvalue weighted by Crippen LogP contribution is 2.39. The number of hydrogen-bond acceptors (Lipinski definition) is 8. The molecule has 4 aromatic rings. The summed E-state index contributed by atoms with van der Waals surface area (Å²) in [5, 5.41) is 39.3. The van der Waals surface area contributed by atoms with Crippen LogP contribution in [0, 0.1) is 0 Å². The molecule has 0 atom stereocenters. The number of rotatable bonds is 12. The van der Waals surface area contributed by atoms with Crippen molar-refractivity contribution < 1.29 is 39.5 Å². The number of allylic oxidation sites excluding steroid dienone is 2. The number of hydrogen-bond donors (Lipinski definition) is 4. The van der Waals surface area contributed by atoms with E-state index in [1.54, 1.807) is 48.6 Å². The van der Waals surface area contributed by atoms with Crippen LogP contribution in [0.2, 0.25) is 0 Å². The van der Waals surface area contributed by atoms with E-state index < -0.39 is 0 Å². The minimum atomic E-state index is -0.238. The molecular weight excluding hydrogens is 644 g/mol. The molecule has 0 saturated heterocycles. The topological polar surface area (TPSA) is 134 Å². The molecule has 0 radical (unpaired) electrons. The summed E-state index contributed by atoms with van der Waals surface area (Å²) in [5.41, 5.74) is 3.63. The van der Waals surface area contributed by atoms with E-state index in [9.17, 15) is 30.0 Å². The predicted octanol–water partition coefficient (Wildman–Crippen LogP) is 9.77. The van der Waals surface area contributed by atoms with E-state index in [0.717, 1.165) is 28.7 Å². The fraction of sp³-hybridized carbons (Fsp3) is 0.302. The Bertz CT molecular complexity index is 1860. The number of aromatic hydroxyl groups is 4. The Morgan fingerprint density at radius 3 is 1.31 bits per heavy atom. The molecule has 0 fully saturated rings. The zero-order valence-electron chi connectivity index (χ0n) is 30.8. The van der Waals surface area contributed by atoms with Crippen LogP contribution in [0.25, 0.3) is 12.2 Å². The number of benzene rings is 4. The lowest BCUT2D eigenvalue weighted by atomic mass is 9.81. The van der Waals surface area contributed by atoms with Crippen molar-refractivity contribution in [3.8, 4) is 34.5 Å². The van der Waals surface area contributed by atoms with Gasteiger partial charge in [0.1, 0.15) is 34.5 Å². The van der Waals surface area contributed by atoms with Crippen molar-refractivity contribution in [2.24, 2.45) is 0 Å². The molecule has 0 unspecified atom stereocenters. The first-order valence-electron chi connectivity index (χ1n) is 17.0. The molecule has 0 aromatic heterocycles. The highest BCUT2D eigenvalue weighted by Gasteiger charge is 2.24. The Hall–Kier alpha value is -5.50. The van der Waals surface area contributed by atoms with Gasteiger partial charge in [0.25, 0.3) is 0 Å². The van der Waals surface area contributed by atoms with Crippen molar-refractivity contribution in [3.05, 3.63) is 118 Å². The van der Waals surface area contributed by atoms with Crippen LogP contribution in [0.1, 0.15) is 105 Å². The van der Waals surface area contributed by atoms with E-state index >= 15 is 0 Å². The minimum Gasteiger partial charge on any atom is -0.508 e. The number of phenolic OH excluding ortho intramolecular Hbond substituents is 4. The Morgan fingerprint density at radius 1 is 0.588 bits per heavy atom. The fourth-order valence-corrected chi connectivity index (χ4v) is 5.10. The zero-order valence-corrected chi connectivity index (χ0v) is 30.8. The van der Waals surface area contributed by atoms with Gasteiger partial charge in [0.05, 0.1) is 13.2 Å². The largest absolute Gasteiger partial charge is 0.508 e. The Kier molecular flexibility index (Phi) is 13.7. The summed E-state index contributed by atoms with van der Waals surface area (Å²) in [6.45, 7) is 16.9. The van der Waals surface area contributed by atoms with E-state index in [0.29, 0.717) is 35.8 Å². The van der Waals surface area contributed by atoms with Crippen LogP contribution < -0.4 is 9.47 Å². The van der Waals surface area contributed by atoms with Crippen LogP contribution in [0.3, 0.4) is 0 Å². The summed E-state index contributed by atoms with van der Waals surface area (Å²) >= 11 is 0. The number of carbonyl (C=O) groups is 2. The minimum absolute atomic E-state index is 0.118. The van der Waals surface area contributed by atoms with Gasteiger partial charge in [-0.3, -0.25) is 9.59 Å². The van der Waals surface area contributed by atoms with E-state index in [1.807, 2.05) is 46.8 Å². The monoisotopic (exact) mass is 694 g/mol. The van der Waals surface area contributed by atoms with Gasteiger partial charge in [-0.1, -0.05) is 41.5 Å². The SMILES string of the molecule is CCOc1cc(O)c(C(C)(C)C)cc1/C=C/C(=O)c1ccc(O)cc1.CCOc1cc(O)c(C(C)(C)CC)cc1/C=C/C(=O)c1ccc(O)cc1. The molecule has 270 valence electrons. The van der Waals surface area contributed by atoms with Gasteiger partial charge in [0.15, 0.2) is 11.6 Å². The van der Waals surface area contributed by atoms with Gasteiger partial charge < -0.3 is 29.9 Å². The summed E-state index contributed by atoms with van der Waals surface area (Å²) < 4.78 is 11.2. The van der Waals surface area contributed by atoms with Crippen molar-refractivity contribution in [2.45, 2.75) is 72.6 Å². The average molecular weight is 695 g/mol. The van der Waals surface area contributed by atoms with Crippen LogP contribution in [-0.4, -0.2) is 45.2 Å². The van der Waals surface area contributed by atoms with Crippen LogP contribution in [0.15, 0.2) is 84.9 Å². The normalized spacial score (nSPS) is 11.7. The molecule has 8 nitrogen and oxygen atoms in total. The number of phenols is 4. The predicted molar refractivity (Wildman–Crippen MR) is 204 cm³/mol. The molecule has 0 spiro atoms. The van der Waals surface area contributed by atoms with Gasteiger partial charge >= 0.3 is 0 Å². The van der Waals surface area contributed by atoms with E-state index in [2.05, 4.69) is 20.8 Å². The third kappa shape index (κ3) is 11.0. The van der Waals surface area contributed by atoms with Crippen molar-refractivity contribution >= 4 is 23.7 Å². The molecule has 0 saturated carbocycles. The summed E-state index contributed by atoms with van der Waals surface area (Å²) in [6, 6.07) is 19.1. The number of ketones is 2. The van der Waals surface area contributed by atoms with Gasteiger partial charge in [-0.2, -0.15) is 0 Å². The van der Waals surface area contributed by atoms with Crippen molar-refractivity contribution in [2.75, 3.05) is 13.2 Å². The number of ether oxygens (including phenoxy) is 2. The molecule has 0 aliphatic heterocycles. The molecule has 4 aromatic carbocycles.